The molecule has 6 nitrogen and oxygen atoms in total. The number of anilines is 1. The van der Waals surface area contributed by atoms with Gasteiger partial charge < -0.3 is 10.1 Å². The van der Waals surface area contributed by atoms with Crippen molar-refractivity contribution < 1.29 is 17.9 Å². The second-order valence-electron chi connectivity index (χ2n) is 6.20. The minimum absolute atomic E-state index is 0.0500. The third-order valence-corrected chi connectivity index (χ3v) is 4.65. The van der Waals surface area contributed by atoms with E-state index in [2.05, 4.69) is 15.4 Å². The Hall–Kier alpha value is -2.13. The number of nitrogens with one attached hydrogen (secondary N) is 1. The van der Waals surface area contributed by atoms with Gasteiger partial charge in [-0.25, -0.2) is 4.98 Å². The van der Waals surface area contributed by atoms with E-state index in [1.165, 1.54) is 19.0 Å². The molecular formula is C17H18ClF3N4O2. The predicted octanol–water partition coefficient (Wildman–Crippen LogP) is 3.67. The largest absolute Gasteiger partial charge is 0.417 e. The molecule has 2 heterocycles. The first-order valence-electron chi connectivity index (χ1n) is 8.53. The van der Waals surface area contributed by atoms with Gasteiger partial charge in [0.2, 0.25) is 0 Å². The molecule has 0 radical (unpaired) electrons. The fourth-order valence-electron chi connectivity index (χ4n) is 2.86. The monoisotopic (exact) mass is 402 g/mol. The maximum absolute atomic E-state index is 12.6. The molecule has 1 N–H and O–H groups in total. The molecule has 0 spiro atoms. The van der Waals surface area contributed by atoms with Gasteiger partial charge in [0.15, 0.2) is 5.82 Å². The molecule has 0 aromatic carbocycles. The van der Waals surface area contributed by atoms with E-state index >= 15 is 0 Å². The van der Waals surface area contributed by atoms with Crippen molar-refractivity contribution in [2.75, 3.05) is 18.5 Å². The summed E-state index contributed by atoms with van der Waals surface area (Å²) in [6.07, 6.45) is 2.27. The van der Waals surface area contributed by atoms with Crippen LogP contribution in [0.2, 0.25) is 5.02 Å². The lowest BCUT2D eigenvalue weighted by atomic mass is 10.3. The average Bonchev–Trinajstić information content (AvgIpc) is 3.15. The van der Waals surface area contributed by atoms with E-state index in [1.54, 1.807) is 0 Å². The maximum atomic E-state index is 12.6. The van der Waals surface area contributed by atoms with Gasteiger partial charge in [-0.3, -0.25) is 4.79 Å². The predicted molar refractivity (Wildman–Crippen MR) is 94.3 cm³/mol. The molecule has 1 fully saturated rings. The fourth-order valence-corrected chi connectivity index (χ4v) is 3.06. The van der Waals surface area contributed by atoms with Gasteiger partial charge in [-0.05, 0) is 25.0 Å². The maximum Gasteiger partial charge on any atom is 0.417 e. The molecule has 0 saturated heterocycles. The van der Waals surface area contributed by atoms with Crippen LogP contribution in [0.5, 0.6) is 0 Å². The van der Waals surface area contributed by atoms with Crippen LogP contribution >= 0.6 is 11.6 Å². The summed E-state index contributed by atoms with van der Waals surface area (Å²) in [5.74, 6) is -0.0500. The third-order valence-electron chi connectivity index (χ3n) is 4.28. The number of aromatic nitrogens is 3. The quantitative estimate of drug-likeness (QED) is 0.747. The smallest absolute Gasteiger partial charge is 0.380 e. The molecule has 146 valence electrons. The van der Waals surface area contributed by atoms with Gasteiger partial charge in [0.1, 0.15) is 5.02 Å². The number of hydrogen-bond acceptors (Lipinski definition) is 5. The molecule has 0 bridgehead atoms. The molecule has 0 unspecified atom stereocenters. The van der Waals surface area contributed by atoms with Crippen LogP contribution in [-0.2, 0) is 10.9 Å². The van der Waals surface area contributed by atoms with E-state index in [1.807, 2.05) is 0 Å². The summed E-state index contributed by atoms with van der Waals surface area (Å²) in [6, 6.07) is 1.90. The number of halogens is 4. The number of ether oxygens (including phenoxy) is 1. The van der Waals surface area contributed by atoms with Crippen LogP contribution in [-0.4, -0.2) is 34.0 Å². The van der Waals surface area contributed by atoms with E-state index in [4.69, 9.17) is 16.3 Å². The van der Waals surface area contributed by atoms with Gasteiger partial charge in [0.05, 0.1) is 30.2 Å². The highest BCUT2D eigenvalue weighted by Crippen LogP contribution is 2.28. The highest BCUT2D eigenvalue weighted by atomic mass is 35.5. The number of nitrogens with zero attached hydrogens (tertiary/aromatic N) is 3. The SMILES string of the molecule is O=c1c(Cl)c(NCCOC2CCCC2)cnn1-c1ccc(C(F)(F)F)cn1. The van der Waals surface area contributed by atoms with Gasteiger partial charge >= 0.3 is 6.18 Å². The molecule has 0 aliphatic heterocycles. The number of alkyl halides is 3. The second kappa shape index (κ2) is 8.26. The normalized spacial score (nSPS) is 15.3. The Kier molecular flexibility index (Phi) is 6.01. The molecule has 2 aromatic rings. The Morgan fingerprint density at radius 1 is 1.26 bits per heavy atom. The summed E-state index contributed by atoms with van der Waals surface area (Å²) in [5.41, 5.74) is -1.25. The van der Waals surface area contributed by atoms with Gasteiger partial charge in [0, 0.05) is 12.7 Å². The molecular weight excluding hydrogens is 385 g/mol. The summed E-state index contributed by atoms with van der Waals surface area (Å²) in [7, 11) is 0. The van der Waals surface area contributed by atoms with Crippen molar-refractivity contribution in [1.29, 1.82) is 0 Å². The zero-order valence-electron chi connectivity index (χ0n) is 14.3. The summed E-state index contributed by atoms with van der Waals surface area (Å²) in [5, 5.41) is 6.80. The van der Waals surface area contributed by atoms with Gasteiger partial charge in [0.25, 0.3) is 5.56 Å². The summed E-state index contributed by atoms with van der Waals surface area (Å²) in [6.45, 7) is 0.935. The first kappa shape index (κ1) is 19.6. The molecule has 27 heavy (non-hydrogen) atoms. The van der Waals surface area contributed by atoms with Crippen molar-refractivity contribution in [2.24, 2.45) is 0 Å². The summed E-state index contributed by atoms with van der Waals surface area (Å²) >= 11 is 6.07. The summed E-state index contributed by atoms with van der Waals surface area (Å²) < 4.78 is 44.4. The number of hydrogen-bond donors (Lipinski definition) is 1. The van der Waals surface area contributed by atoms with E-state index in [-0.39, 0.29) is 10.8 Å². The molecule has 1 saturated carbocycles. The van der Waals surface area contributed by atoms with E-state index in [9.17, 15) is 18.0 Å². The van der Waals surface area contributed by atoms with Crippen LogP contribution in [0.1, 0.15) is 31.2 Å². The number of pyridine rings is 1. The Labute approximate surface area is 158 Å². The van der Waals surface area contributed by atoms with Gasteiger partial charge in [-0.15, -0.1) is 0 Å². The van der Waals surface area contributed by atoms with Crippen LogP contribution in [0.25, 0.3) is 5.82 Å². The van der Waals surface area contributed by atoms with Crippen molar-refractivity contribution in [3.63, 3.8) is 0 Å². The Balaban J connectivity index is 1.66. The lowest BCUT2D eigenvalue weighted by Crippen LogP contribution is -2.24. The molecule has 3 rings (SSSR count). The van der Waals surface area contributed by atoms with E-state index < -0.39 is 17.3 Å². The Bertz CT molecular complexity index is 834. The fraction of sp³-hybridized carbons (Fsp3) is 0.471. The van der Waals surface area contributed by atoms with Crippen LogP contribution in [0.15, 0.2) is 29.3 Å². The number of rotatable bonds is 6. The molecule has 1 aliphatic carbocycles. The highest BCUT2D eigenvalue weighted by molar-refractivity contribution is 6.32. The first-order chi connectivity index (χ1) is 12.9. The molecule has 2 aromatic heterocycles. The molecule has 0 atom stereocenters. The minimum atomic E-state index is -4.50. The molecule has 1 aliphatic rings. The topological polar surface area (TPSA) is 69.0 Å². The zero-order chi connectivity index (χ0) is 19.4. The standard InChI is InChI=1S/C17H18ClF3N4O2/c18-15-13(22-7-8-27-12-3-1-2-4-12)10-24-25(16(15)26)14-6-5-11(9-23-14)17(19,20)21/h5-6,9-10,12,22H,1-4,7-8H2. The van der Waals surface area contributed by atoms with Gasteiger partial charge in [-0.1, -0.05) is 24.4 Å². The van der Waals surface area contributed by atoms with Crippen molar-refractivity contribution in [1.82, 2.24) is 14.8 Å². The lowest BCUT2D eigenvalue weighted by molar-refractivity contribution is -0.137. The van der Waals surface area contributed by atoms with E-state index in [0.29, 0.717) is 31.1 Å². The minimum Gasteiger partial charge on any atom is -0.380 e. The van der Waals surface area contributed by atoms with Crippen molar-refractivity contribution in [3.8, 4) is 5.82 Å². The Morgan fingerprint density at radius 3 is 2.63 bits per heavy atom. The first-order valence-corrected chi connectivity index (χ1v) is 8.91. The molecule has 0 amide bonds. The van der Waals surface area contributed by atoms with Gasteiger partial charge in [-0.2, -0.15) is 23.0 Å². The second-order valence-corrected chi connectivity index (χ2v) is 6.57. The third kappa shape index (κ3) is 4.78. The summed E-state index contributed by atoms with van der Waals surface area (Å²) in [4.78, 5) is 16.0. The van der Waals surface area contributed by atoms with Crippen LogP contribution in [0, 0.1) is 0 Å². The van der Waals surface area contributed by atoms with Crippen molar-refractivity contribution in [2.45, 2.75) is 38.0 Å². The molecule has 10 heteroatoms. The lowest BCUT2D eigenvalue weighted by Gasteiger charge is -2.13. The van der Waals surface area contributed by atoms with E-state index in [0.717, 1.165) is 29.7 Å². The van der Waals surface area contributed by atoms with Crippen molar-refractivity contribution in [3.05, 3.63) is 45.5 Å². The average molecular weight is 403 g/mol. The van der Waals surface area contributed by atoms with Crippen LogP contribution < -0.4 is 10.9 Å². The Morgan fingerprint density at radius 2 is 2.00 bits per heavy atom. The van der Waals surface area contributed by atoms with Crippen molar-refractivity contribution >= 4 is 17.3 Å². The highest BCUT2D eigenvalue weighted by Gasteiger charge is 2.30. The van der Waals surface area contributed by atoms with Crippen LogP contribution in [0.4, 0.5) is 18.9 Å². The zero-order valence-corrected chi connectivity index (χ0v) is 15.1. The van der Waals surface area contributed by atoms with Crippen LogP contribution in [0.3, 0.4) is 0 Å².